The summed E-state index contributed by atoms with van der Waals surface area (Å²) in [5.41, 5.74) is 1.74. The topological polar surface area (TPSA) is 20.3 Å². The number of aryl methyl sites for hydroxylation is 1. The first kappa shape index (κ1) is 12.8. The van der Waals surface area contributed by atoms with Gasteiger partial charge in [-0.3, -0.25) is 4.79 Å². The molecule has 1 aromatic carbocycles. The van der Waals surface area contributed by atoms with Crippen LogP contribution in [0.1, 0.15) is 16.9 Å². The molecule has 0 unspecified atom stereocenters. The monoisotopic (exact) mass is 339 g/mol. The predicted molar refractivity (Wildman–Crippen MR) is 77.9 cm³/mol. The fourth-order valence-corrected chi connectivity index (χ4v) is 3.75. The summed E-state index contributed by atoms with van der Waals surface area (Å²) in [5, 5.41) is 1.99. The maximum absolute atomic E-state index is 13.3. The van der Waals surface area contributed by atoms with Crippen LogP contribution in [0.2, 0.25) is 0 Å². The van der Waals surface area contributed by atoms with Gasteiger partial charge in [0.2, 0.25) is 5.91 Å². The van der Waals surface area contributed by atoms with E-state index in [4.69, 9.17) is 0 Å². The van der Waals surface area contributed by atoms with Crippen molar-refractivity contribution in [2.75, 3.05) is 4.90 Å². The number of hydrogen-bond acceptors (Lipinski definition) is 2. The van der Waals surface area contributed by atoms with Crippen molar-refractivity contribution >= 4 is 38.9 Å². The molecule has 2 aromatic rings. The van der Waals surface area contributed by atoms with Gasteiger partial charge in [0.15, 0.2) is 0 Å². The predicted octanol–water partition coefficient (Wildman–Crippen LogP) is 4.13. The molecule has 1 aliphatic rings. The zero-order chi connectivity index (χ0) is 13.4. The van der Waals surface area contributed by atoms with Crippen LogP contribution in [0.5, 0.6) is 0 Å². The number of rotatable bonds is 2. The molecule has 0 aliphatic carbocycles. The summed E-state index contributed by atoms with van der Waals surface area (Å²) in [6.45, 7) is 0.537. The van der Waals surface area contributed by atoms with Gasteiger partial charge in [-0.15, -0.1) is 11.3 Å². The van der Waals surface area contributed by atoms with Crippen molar-refractivity contribution in [3.63, 3.8) is 0 Å². The Kier molecular flexibility index (Phi) is 3.41. The van der Waals surface area contributed by atoms with Gasteiger partial charge in [0.25, 0.3) is 0 Å². The van der Waals surface area contributed by atoms with Crippen LogP contribution in [-0.4, -0.2) is 5.91 Å². The van der Waals surface area contributed by atoms with Gasteiger partial charge in [0.1, 0.15) is 5.82 Å². The molecule has 0 atom stereocenters. The van der Waals surface area contributed by atoms with Crippen LogP contribution in [0, 0.1) is 5.82 Å². The highest BCUT2D eigenvalue weighted by Gasteiger charge is 2.25. The van der Waals surface area contributed by atoms with Crippen LogP contribution in [0.25, 0.3) is 0 Å². The van der Waals surface area contributed by atoms with E-state index in [1.54, 1.807) is 22.3 Å². The van der Waals surface area contributed by atoms with E-state index in [1.807, 2.05) is 11.4 Å². The molecule has 1 aromatic heterocycles. The molecule has 0 spiro atoms. The number of halogens is 2. The Morgan fingerprint density at radius 3 is 2.89 bits per heavy atom. The van der Waals surface area contributed by atoms with E-state index in [2.05, 4.69) is 15.9 Å². The molecule has 3 rings (SSSR count). The number of fused-ring (bicyclic) bond motifs is 1. The summed E-state index contributed by atoms with van der Waals surface area (Å²) >= 11 is 5.09. The number of carbonyl (C=O) groups is 1. The third-order valence-corrected chi connectivity index (χ3v) is 5.15. The Morgan fingerprint density at radius 1 is 1.32 bits per heavy atom. The average Bonchev–Trinajstić information content (AvgIpc) is 2.78. The molecule has 19 heavy (non-hydrogen) atoms. The normalized spacial score (nSPS) is 14.6. The molecular weight excluding hydrogens is 329 g/mol. The highest BCUT2D eigenvalue weighted by atomic mass is 79.9. The lowest BCUT2D eigenvalue weighted by molar-refractivity contribution is -0.119. The van der Waals surface area contributed by atoms with Crippen LogP contribution in [0.15, 0.2) is 34.1 Å². The van der Waals surface area contributed by atoms with Crippen LogP contribution < -0.4 is 4.90 Å². The van der Waals surface area contributed by atoms with Crippen LogP contribution >= 0.6 is 27.3 Å². The molecule has 1 amide bonds. The quantitative estimate of drug-likeness (QED) is 0.805. The van der Waals surface area contributed by atoms with E-state index in [-0.39, 0.29) is 11.7 Å². The minimum Gasteiger partial charge on any atom is -0.307 e. The number of amides is 1. The molecule has 0 fully saturated rings. The smallest absolute Gasteiger partial charge is 0.227 e. The highest BCUT2D eigenvalue weighted by molar-refractivity contribution is 9.10. The second-order valence-electron chi connectivity index (χ2n) is 4.44. The molecule has 98 valence electrons. The maximum Gasteiger partial charge on any atom is 0.227 e. The summed E-state index contributed by atoms with van der Waals surface area (Å²) in [7, 11) is 0. The number of nitrogens with zero attached hydrogens (tertiary/aromatic N) is 1. The summed E-state index contributed by atoms with van der Waals surface area (Å²) in [5.74, 6) is -0.148. The van der Waals surface area contributed by atoms with E-state index in [9.17, 15) is 9.18 Å². The van der Waals surface area contributed by atoms with Crippen molar-refractivity contribution in [3.05, 3.63) is 50.4 Å². The fourth-order valence-electron chi connectivity index (χ4n) is 2.28. The first-order valence-corrected chi connectivity index (χ1v) is 7.63. The third-order valence-electron chi connectivity index (χ3n) is 3.23. The molecule has 0 saturated carbocycles. The van der Waals surface area contributed by atoms with Crippen molar-refractivity contribution in [1.29, 1.82) is 0 Å². The minimum absolute atomic E-state index is 0.0967. The van der Waals surface area contributed by atoms with Gasteiger partial charge in [-0.05, 0) is 57.6 Å². The second-order valence-corrected chi connectivity index (χ2v) is 6.30. The third kappa shape index (κ3) is 2.44. The number of thiophene rings is 1. The molecule has 0 saturated heterocycles. The average molecular weight is 340 g/mol. The van der Waals surface area contributed by atoms with Gasteiger partial charge in [0.05, 0.1) is 6.54 Å². The molecule has 5 heteroatoms. The van der Waals surface area contributed by atoms with E-state index in [0.717, 1.165) is 20.6 Å². The fraction of sp³-hybridized carbons (Fsp3) is 0.214. The van der Waals surface area contributed by atoms with Gasteiger partial charge in [0, 0.05) is 21.5 Å². The van der Waals surface area contributed by atoms with Crippen molar-refractivity contribution in [2.45, 2.75) is 19.4 Å². The first-order valence-electron chi connectivity index (χ1n) is 5.96. The molecule has 0 N–H and O–H groups in total. The standard InChI is InChI=1S/C14H11BrFNOS/c15-11-5-6-19-13(11)8-17-12-3-2-10(16)7-9(12)1-4-14(17)18/h2-3,5-7H,1,4,8H2. The van der Waals surface area contributed by atoms with Gasteiger partial charge in [-0.1, -0.05) is 0 Å². The maximum atomic E-state index is 13.3. The van der Waals surface area contributed by atoms with Crippen molar-refractivity contribution in [2.24, 2.45) is 0 Å². The molecular formula is C14H11BrFNOS. The number of anilines is 1. The zero-order valence-corrected chi connectivity index (χ0v) is 12.4. The van der Waals surface area contributed by atoms with Crippen molar-refractivity contribution in [3.8, 4) is 0 Å². The Morgan fingerprint density at radius 2 is 2.16 bits per heavy atom. The van der Waals surface area contributed by atoms with E-state index >= 15 is 0 Å². The highest BCUT2D eigenvalue weighted by Crippen LogP contribution is 2.32. The molecule has 2 heterocycles. The Balaban J connectivity index is 1.97. The molecule has 1 aliphatic heterocycles. The van der Waals surface area contributed by atoms with Gasteiger partial charge < -0.3 is 4.90 Å². The van der Waals surface area contributed by atoms with Gasteiger partial charge >= 0.3 is 0 Å². The van der Waals surface area contributed by atoms with E-state index in [0.29, 0.717) is 19.4 Å². The van der Waals surface area contributed by atoms with Crippen LogP contribution in [0.4, 0.5) is 10.1 Å². The second kappa shape index (κ2) is 5.06. The summed E-state index contributed by atoms with van der Waals surface area (Å²) in [6, 6.07) is 6.61. The number of hydrogen-bond donors (Lipinski definition) is 0. The Bertz CT molecular complexity index is 640. The molecule has 2 nitrogen and oxygen atoms in total. The van der Waals surface area contributed by atoms with Crippen molar-refractivity contribution in [1.82, 2.24) is 0 Å². The summed E-state index contributed by atoms with van der Waals surface area (Å²) < 4.78 is 14.3. The van der Waals surface area contributed by atoms with Crippen LogP contribution in [-0.2, 0) is 17.8 Å². The van der Waals surface area contributed by atoms with Crippen molar-refractivity contribution < 1.29 is 9.18 Å². The number of benzene rings is 1. The molecule has 0 radical (unpaired) electrons. The van der Waals surface area contributed by atoms with Gasteiger partial charge in [-0.25, -0.2) is 4.39 Å². The van der Waals surface area contributed by atoms with Crippen LogP contribution in [0.3, 0.4) is 0 Å². The first-order chi connectivity index (χ1) is 9.15. The summed E-state index contributed by atoms with van der Waals surface area (Å²) in [6.07, 6.45) is 1.06. The summed E-state index contributed by atoms with van der Waals surface area (Å²) in [4.78, 5) is 14.9. The van der Waals surface area contributed by atoms with Gasteiger partial charge in [-0.2, -0.15) is 0 Å². The van der Waals surface area contributed by atoms with E-state index < -0.39 is 0 Å². The van der Waals surface area contributed by atoms with E-state index in [1.165, 1.54) is 12.1 Å². The lowest BCUT2D eigenvalue weighted by Crippen LogP contribution is -2.34. The lowest BCUT2D eigenvalue weighted by Gasteiger charge is -2.29. The number of carbonyl (C=O) groups excluding carboxylic acids is 1. The molecule has 0 bridgehead atoms. The largest absolute Gasteiger partial charge is 0.307 e. The Labute approximate surface area is 123 Å². The Hall–Kier alpha value is -1.20. The minimum atomic E-state index is -0.245. The zero-order valence-electron chi connectivity index (χ0n) is 10.0. The SMILES string of the molecule is O=C1CCc2cc(F)ccc2N1Cc1sccc1Br. The lowest BCUT2D eigenvalue weighted by atomic mass is 10.0.